The minimum atomic E-state index is -0.670. The molecule has 0 saturated carbocycles. The molecule has 0 aliphatic heterocycles. The Morgan fingerprint density at radius 2 is 1.49 bits per heavy atom. The lowest BCUT2D eigenvalue weighted by molar-refractivity contribution is -0.143. The summed E-state index contributed by atoms with van der Waals surface area (Å²) in [5.41, 5.74) is 5.16. The largest absolute Gasteiger partial charge is 0.483 e. The molecule has 0 fully saturated rings. The summed E-state index contributed by atoms with van der Waals surface area (Å²) >= 11 is 0. The average Bonchev–Trinajstić information content (AvgIpc) is 2.83. The van der Waals surface area contributed by atoms with Gasteiger partial charge in [-0.15, -0.1) is 0 Å². The van der Waals surface area contributed by atoms with Gasteiger partial charge >= 0.3 is 0 Å². The van der Waals surface area contributed by atoms with Gasteiger partial charge in [-0.1, -0.05) is 66.7 Å². The Kier molecular flexibility index (Phi) is 9.07. The van der Waals surface area contributed by atoms with Crippen LogP contribution >= 0.6 is 0 Å². The summed E-state index contributed by atoms with van der Waals surface area (Å²) in [4.78, 5) is 28.7. The zero-order valence-electron chi connectivity index (χ0n) is 21.4. The van der Waals surface area contributed by atoms with Crippen molar-refractivity contribution in [2.75, 3.05) is 6.61 Å². The second-order valence-corrected chi connectivity index (χ2v) is 9.37. The van der Waals surface area contributed by atoms with E-state index in [4.69, 9.17) is 4.74 Å². The van der Waals surface area contributed by atoms with E-state index in [0.29, 0.717) is 18.7 Å². The zero-order chi connectivity index (χ0) is 25.4. The van der Waals surface area contributed by atoms with E-state index in [1.54, 1.807) is 4.90 Å². The van der Waals surface area contributed by atoms with E-state index >= 15 is 0 Å². The van der Waals surface area contributed by atoms with Crippen LogP contribution in [0.4, 0.5) is 0 Å². The minimum absolute atomic E-state index is 0.0383. The molecule has 0 bridgehead atoms. The van der Waals surface area contributed by atoms with E-state index < -0.39 is 6.04 Å². The van der Waals surface area contributed by atoms with Crippen LogP contribution in [0.15, 0.2) is 72.8 Å². The molecule has 5 nitrogen and oxygen atoms in total. The summed E-state index contributed by atoms with van der Waals surface area (Å²) in [6, 6.07) is 22.9. The van der Waals surface area contributed by atoms with Crippen LogP contribution in [0, 0.1) is 20.8 Å². The molecule has 2 amide bonds. The van der Waals surface area contributed by atoms with Crippen molar-refractivity contribution in [1.82, 2.24) is 10.2 Å². The normalized spacial score (nSPS) is 11.7. The maximum Gasteiger partial charge on any atom is 0.261 e. The zero-order valence-corrected chi connectivity index (χ0v) is 21.4. The fraction of sp³-hybridized carbons (Fsp3) is 0.333. The summed E-state index contributed by atoms with van der Waals surface area (Å²) in [5, 5.41) is 3.01. The lowest BCUT2D eigenvalue weighted by Gasteiger charge is -2.32. The maximum atomic E-state index is 13.6. The van der Waals surface area contributed by atoms with Crippen LogP contribution in [0.1, 0.15) is 41.7 Å². The van der Waals surface area contributed by atoms with Crippen LogP contribution in [-0.2, 0) is 22.6 Å². The van der Waals surface area contributed by atoms with Gasteiger partial charge in [0.15, 0.2) is 6.61 Å². The third-order valence-corrected chi connectivity index (χ3v) is 6.01. The molecule has 0 aliphatic rings. The van der Waals surface area contributed by atoms with Crippen molar-refractivity contribution in [1.29, 1.82) is 0 Å². The highest BCUT2D eigenvalue weighted by Gasteiger charge is 2.31. The highest BCUT2D eigenvalue weighted by molar-refractivity contribution is 5.88. The number of nitrogens with zero attached hydrogens (tertiary/aromatic N) is 1. The number of benzene rings is 3. The number of carbonyl (C=O) groups is 2. The summed E-state index contributed by atoms with van der Waals surface area (Å²) in [6.45, 7) is 10.1. The van der Waals surface area contributed by atoms with E-state index in [0.717, 1.165) is 27.8 Å². The lowest BCUT2D eigenvalue weighted by Crippen LogP contribution is -2.52. The molecule has 1 unspecified atom stereocenters. The van der Waals surface area contributed by atoms with Crippen molar-refractivity contribution in [2.45, 2.75) is 59.7 Å². The molecule has 5 heteroatoms. The number of aryl methyl sites for hydroxylation is 2. The smallest absolute Gasteiger partial charge is 0.261 e. The van der Waals surface area contributed by atoms with Crippen molar-refractivity contribution in [3.05, 3.63) is 101 Å². The number of hydrogen-bond acceptors (Lipinski definition) is 3. The Hall–Kier alpha value is -3.60. The van der Waals surface area contributed by atoms with Gasteiger partial charge in [-0.05, 0) is 68.5 Å². The van der Waals surface area contributed by atoms with E-state index in [1.807, 2.05) is 101 Å². The summed E-state index contributed by atoms with van der Waals surface area (Å²) < 4.78 is 6.02. The first-order valence-corrected chi connectivity index (χ1v) is 12.1. The highest BCUT2D eigenvalue weighted by atomic mass is 16.5. The van der Waals surface area contributed by atoms with Crippen LogP contribution in [0.2, 0.25) is 0 Å². The third kappa shape index (κ3) is 7.44. The molecule has 3 aromatic carbocycles. The molecule has 3 rings (SSSR count). The van der Waals surface area contributed by atoms with E-state index in [-0.39, 0.29) is 24.5 Å². The molecule has 0 spiro atoms. The number of rotatable bonds is 10. The molecule has 0 aromatic heterocycles. The van der Waals surface area contributed by atoms with Gasteiger partial charge in [-0.25, -0.2) is 0 Å². The Balaban J connectivity index is 1.91. The Bertz CT molecular complexity index is 1130. The van der Waals surface area contributed by atoms with Crippen molar-refractivity contribution in [3.8, 4) is 5.75 Å². The molecular formula is C30H36N2O3. The van der Waals surface area contributed by atoms with E-state index in [9.17, 15) is 9.59 Å². The molecule has 0 heterocycles. The van der Waals surface area contributed by atoms with Crippen molar-refractivity contribution in [3.63, 3.8) is 0 Å². The Morgan fingerprint density at radius 1 is 0.886 bits per heavy atom. The van der Waals surface area contributed by atoms with Crippen LogP contribution in [0.25, 0.3) is 0 Å². The molecule has 0 aliphatic carbocycles. The lowest BCUT2D eigenvalue weighted by atomic mass is 10.0. The quantitative estimate of drug-likeness (QED) is 0.444. The molecule has 1 N–H and O–H groups in total. The summed E-state index contributed by atoms with van der Waals surface area (Å²) in [7, 11) is 0. The highest BCUT2D eigenvalue weighted by Crippen LogP contribution is 2.24. The molecule has 1 atom stereocenters. The van der Waals surface area contributed by atoms with Gasteiger partial charge in [0.1, 0.15) is 11.8 Å². The van der Waals surface area contributed by atoms with E-state index in [1.165, 1.54) is 0 Å². The van der Waals surface area contributed by atoms with Gasteiger partial charge in [-0.2, -0.15) is 0 Å². The summed E-state index contributed by atoms with van der Waals surface area (Å²) in [6.07, 6.45) is 0.417. The molecule has 35 heavy (non-hydrogen) atoms. The number of amides is 2. The van der Waals surface area contributed by atoms with Gasteiger partial charge in [0, 0.05) is 19.0 Å². The predicted octanol–water partition coefficient (Wildman–Crippen LogP) is 5.16. The van der Waals surface area contributed by atoms with Gasteiger partial charge in [0.05, 0.1) is 0 Å². The van der Waals surface area contributed by atoms with E-state index in [2.05, 4.69) is 11.4 Å². The Morgan fingerprint density at radius 3 is 2.09 bits per heavy atom. The van der Waals surface area contributed by atoms with Crippen LogP contribution in [0.3, 0.4) is 0 Å². The fourth-order valence-corrected chi connectivity index (χ4v) is 4.09. The fourth-order valence-electron chi connectivity index (χ4n) is 4.09. The van der Waals surface area contributed by atoms with Gasteiger partial charge < -0.3 is 15.0 Å². The first-order valence-electron chi connectivity index (χ1n) is 12.1. The summed E-state index contributed by atoms with van der Waals surface area (Å²) in [5.74, 6) is 0.296. The van der Waals surface area contributed by atoms with Crippen LogP contribution in [-0.4, -0.2) is 35.4 Å². The van der Waals surface area contributed by atoms with Gasteiger partial charge in [-0.3, -0.25) is 9.59 Å². The minimum Gasteiger partial charge on any atom is -0.483 e. The number of ether oxygens (including phenoxy) is 1. The van der Waals surface area contributed by atoms with Crippen LogP contribution < -0.4 is 10.1 Å². The van der Waals surface area contributed by atoms with Crippen molar-refractivity contribution >= 4 is 11.8 Å². The number of nitrogens with one attached hydrogen (secondary N) is 1. The molecule has 0 saturated heterocycles. The number of carbonyl (C=O) groups excluding carboxylic acids is 2. The topological polar surface area (TPSA) is 58.6 Å². The molecular weight excluding hydrogens is 436 g/mol. The standard InChI is InChI=1S/C30H36N2O3/c1-21(2)31-30(34)27(18-25-12-8-6-9-13-25)32(19-26-14-10-7-11-15-26)29(33)20-35-28-17-22(3)16-23(4)24(28)5/h6-17,21,27H,18-20H2,1-5H3,(H,31,34). The second-order valence-electron chi connectivity index (χ2n) is 9.37. The van der Waals surface area contributed by atoms with Crippen molar-refractivity contribution < 1.29 is 14.3 Å². The van der Waals surface area contributed by atoms with Gasteiger partial charge in [0.2, 0.25) is 5.91 Å². The number of hydrogen-bond donors (Lipinski definition) is 1. The van der Waals surface area contributed by atoms with Crippen LogP contribution in [0.5, 0.6) is 5.75 Å². The molecule has 184 valence electrons. The average molecular weight is 473 g/mol. The second kappa shape index (κ2) is 12.2. The third-order valence-electron chi connectivity index (χ3n) is 6.01. The first kappa shape index (κ1) is 26.0. The monoisotopic (exact) mass is 472 g/mol. The molecule has 3 aromatic rings. The van der Waals surface area contributed by atoms with Crippen molar-refractivity contribution in [2.24, 2.45) is 0 Å². The molecule has 0 radical (unpaired) electrons. The first-order chi connectivity index (χ1) is 16.7. The maximum absolute atomic E-state index is 13.6. The van der Waals surface area contributed by atoms with Gasteiger partial charge in [0.25, 0.3) is 5.91 Å². The SMILES string of the molecule is Cc1cc(C)c(C)c(OCC(=O)N(Cc2ccccc2)C(Cc2ccccc2)C(=O)NC(C)C)c1. The Labute approximate surface area is 209 Å². The predicted molar refractivity (Wildman–Crippen MR) is 140 cm³/mol.